The lowest BCUT2D eigenvalue weighted by Crippen LogP contribution is -2.24. The molecule has 0 aliphatic rings. The van der Waals surface area contributed by atoms with Gasteiger partial charge in [-0.15, -0.1) is 0 Å². The van der Waals surface area contributed by atoms with Gasteiger partial charge in [0.05, 0.1) is 12.2 Å². The van der Waals surface area contributed by atoms with E-state index in [1.54, 1.807) is 19.3 Å². The predicted molar refractivity (Wildman–Crippen MR) is 70.1 cm³/mol. The largest absolute Gasteiger partial charge is 0.369 e. The Kier molecular flexibility index (Phi) is 5.98. The summed E-state index contributed by atoms with van der Waals surface area (Å²) < 4.78 is 24.6. The van der Waals surface area contributed by atoms with E-state index in [-0.39, 0.29) is 6.54 Å². The van der Waals surface area contributed by atoms with Crippen LogP contribution < -0.4 is 10.2 Å². The molecule has 1 aromatic heterocycles. The summed E-state index contributed by atoms with van der Waals surface area (Å²) in [6, 6.07) is 3.59. The molecule has 0 saturated carbocycles. The summed E-state index contributed by atoms with van der Waals surface area (Å²) in [7, 11) is 1.66. The van der Waals surface area contributed by atoms with Crippen LogP contribution in [0.3, 0.4) is 0 Å². The molecule has 0 bridgehead atoms. The molecule has 0 unspecified atom stereocenters. The Balaban J connectivity index is 2.56. The minimum absolute atomic E-state index is 0.261. The van der Waals surface area contributed by atoms with E-state index in [1.807, 2.05) is 6.07 Å². The molecule has 3 nitrogen and oxygen atoms in total. The highest BCUT2D eigenvalue weighted by molar-refractivity contribution is 5.45. The molecule has 0 fully saturated rings. The van der Waals surface area contributed by atoms with E-state index in [0.29, 0.717) is 12.5 Å². The molecule has 0 spiro atoms. The third kappa shape index (κ3) is 5.40. The van der Waals surface area contributed by atoms with E-state index in [4.69, 9.17) is 0 Å². The van der Waals surface area contributed by atoms with Gasteiger partial charge in [-0.3, -0.25) is 4.98 Å². The Hall–Kier alpha value is -1.23. The lowest BCUT2D eigenvalue weighted by atomic mass is 10.2. The average Bonchev–Trinajstić information content (AvgIpc) is 2.28. The smallest absolute Gasteiger partial charge is 0.255 e. The van der Waals surface area contributed by atoms with E-state index in [9.17, 15) is 8.78 Å². The van der Waals surface area contributed by atoms with Gasteiger partial charge in [-0.05, 0) is 24.6 Å². The van der Waals surface area contributed by atoms with Crippen LogP contribution in [0.2, 0.25) is 0 Å². The number of halogens is 2. The highest BCUT2D eigenvalue weighted by atomic mass is 19.3. The van der Waals surface area contributed by atoms with E-state index >= 15 is 0 Å². The van der Waals surface area contributed by atoms with Crippen molar-refractivity contribution in [1.82, 2.24) is 10.3 Å². The van der Waals surface area contributed by atoms with Crippen LogP contribution in [0.1, 0.15) is 19.5 Å². The number of nitrogens with one attached hydrogen (secondary N) is 1. The second-order valence-corrected chi connectivity index (χ2v) is 4.80. The highest BCUT2D eigenvalue weighted by Gasteiger charge is 2.09. The van der Waals surface area contributed by atoms with Gasteiger partial charge < -0.3 is 10.2 Å². The predicted octanol–water partition coefficient (Wildman–Crippen LogP) is 2.53. The van der Waals surface area contributed by atoms with Gasteiger partial charge in [-0.25, -0.2) is 8.78 Å². The second kappa shape index (κ2) is 7.26. The topological polar surface area (TPSA) is 28.2 Å². The number of pyridine rings is 1. The highest BCUT2D eigenvalue weighted by Crippen LogP contribution is 2.14. The van der Waals surface area contributed by atoms with Crippen molar-refractivity contribution in [2.24, 2.45) is 5.92 Å². The quantitative estimate of drug-likeness (QED) is 0.813. The zero-order chi connectivity index (χ0) is 13.5. The fourth-order valence-corrected chi connectivity index (χ4v) is 1.60. The molecule has 0 atom stereocenters. The van der Waals surface area contributed by atoms with Gasteiger partial charge >= 0.3 is 0 Å². The molecule has 0 aliphatic carbocycles. The molecule has 0 radical (unpaired) electrons. The number of anilines is 1. The number of rotatable bonds is 7. The van der Waals surface area contributed by atoms with Gasteiger partial charge in [-0.1, -0.05) is 13.8 Å². The van der Waals surface area contributed by atoms with Gasteiger partial charge in [0, 0.05) is 25.5 Å². The van der Waals surface area contributed by atoms with Crippen molar-refractivity contribution in [3.8, 4) is 0 Å². The van der Waals surface area contributed by atoms with Gasteiger partial charge in [-0.2, -0.15) is 0 Å². The minimum Gasteiger partial charge on any atom is -0.369 e. The summed E-state index contributed by atoms with van der Waals surface area (Å²) in [5.41, 5.74) is 1.64. The first-order valence-electron chi connectivity index (χ1n) is 6.14. The van der Waals surface area contributed by atoms with Crippen LogP contribution in [0.4, 0.5) is 14.5 Å². The molecule has 1 heterocycles. The molecule has 5 heteroatoms. The van der Waals surface area contributed by atoms with Crippen molar-refractivity contribution in [2.75, 3.05) is 25.0 Å². The molecule has 18 heavy (non-hydrogen) atoms. The normalized spacial score (nSPS) is 11.3. The fourth-order valence-electron chi connectivity index (χ4n) is 1.60. The zero-order valence-electron chi connectivity index (χ0n) is 11.2. The number of hydrogen-bond donors (Lipinski definition) is 1. The molecular weight excluding hydrogens is 236 g/mol. The third-order valence-electron chi connectivity index (χ3n) is 2.51. The van der Waals surface area contributed by atoms with Gasteiger partial charge in [0.25, 0.3) is 6.43 Å². The first-order valence-corrected chi connectivity index (χ1v) is 6.14. The molecule has 0 saturated heterocycles. The van der Waals surface area contributed by atoms with Crippen molar-refractivity contribution in [3.05, 3.63) is 24.0 Å². The summed E-state index contributed by atoms with van der Waals surface area (Å²) in [6.07, 6.45) is -0.672. The van der Waals surface area contributed by atoms with Crippen LogP contribution >= 0.6 is 0 Å². The van der Waals surface area contributed by atoms with Crippen molar-refractivity contribution >= 4 is 5.69 Å². The zero-order valence-corrected chi connectivity index (χ0v) is 11.2. The average molecular weight is 257 g/mol. The number of nitrogens with zero attached hydrogens (tertiary/aromatic N) is 2. The molecule has 0 amide bonds. The Labute approximate surface area is 107 Å². The summed E-state index contributed by atoms with van der Waals surface area (Å²) in [5.74, 6) is 0.578. The fraction of sp³-hybridized carbons (Fsp3) is 0.615. The summed E-state index contributed by atoms with van der Waals surface area (Å²) in [5, 5.41) is 3.28. The Morgan fingerprint density at radius 3 is 2.72 bits per heavy atom. The van der Waals surface area contributed by atoms with E-state index in [1.165, 1.54) is 4.90 Å². The first-order chi connectivity index (χ1) is 8.49. The lowest BCUT2D eigenvalue weighted by Gasteiger charge is -2.19. The van der Waals surface area contributed by atoms with E-state index < -0.39 is 6.43 Å². The van der Waals surface area contributed by atoms with Crippen LogP contribution in [0.25, 0.3) is 0 Å². The number of alkyl halides is 2. The Morgan fingerprint density at radius 2 is 2.11 bits per heavy atom. The van der Waals surface area contributed by atoms with Crippen molar-refractivity contribution < 1.29 is 8.78 Å². The van der Waals surface area contributed by atoms with E-state index in [2.05, 4.69) is 24.1 Å². The van der Waals surface area contributed by atoms with Gasteiger partial charge in [0.1, 0.15) is 0 Å². The molecule has 102 valence electrons. The molecule has 0 aromatic carbocycles. The van der Waals surface area contributed by atoms with Crippen molar-refractivity contribution in [2.45, 2.75) is 26.8 Å². The maximum absolute atomic E-state index is 12.3. The molecule has 1 N–H and O–H groups in total. The molecule has 1 aromatic rings. The standard InChI is InChI=1S/C13H21F2N3/c1-10(2)7-16-8-11-6-12(4-5-17-11)18(3)9-13(14)15/h4-6,10,13,16H,7-9H2,1-3H3. The van der Waals surface area contributed by atoms with Crippen LogP contribution in [-0.2, 0) is 6.54 Å². The summed E-state index contributed by atoms with van der Waals surface area (Å²) in [4.78, 5) is 5.76. The molecule has 1 rings (SSSR count). The van der Waals surface area contributed by atoms with Crippen molar-refractivity contribution in [3.63, 3.8) is 0 Å². The van der Waals surface area contributed by atoms with E-state index in [0.717, 1.165) is 17.9 Å². The first kappa shape index (κ1) is 14.8. The van der Waals surface area contributed by atoms with Gasteiger partial charge in [0.15, 0.2) is 0 Å². The number of hydrogen-bond acceptors (Lipinski definition) is 3. The minimum atomic E-state index is -2.33. The second-order valence-electron chi connectivity index (χ2n) is 4.80. The van der Waals surface area contributed by atoms with Crippen LogP contribution in [0.15, 0.2) is 18.3 Å². The maximum atomic E-state index is 12.3. The van der Waals surface area contributed by atoms with Gasteiger partial charge in [0.2, 0.25) is 0 Å². The maximum Gasteiger partial charge on any atom is 0.255 e. The summed E-state index contributed by atoms with van der Waals surface area (Å²) >= 11 is 0. The third-order valence-corrected chi connectivity index (χ3v) is 2.51. The van der Waals surface area contributed by atoms with Crippen LogP contribution in [0, 0.1) is 5.92 Å². The Morgan fingerprint density at radius 1 is 1.39 bits per heavy atom. The van der Waals surface area contributed by atoms with Crippen LogP contribution in [0.5, 0.6) is 0 Å². The van der Waals surface area contributed by atoms with Crippen molar-refractivity contribution in [1.29, 1.82) is 0 Å². The monoisotopic (exact) mass is 257 g/mol. The SMILES string of the molecule is CC(C)CNCc1cc(N(C)CC(F)F)ccn1. The molecule has 0 aliphatic heterocycles. The lowest BCUT2D eigenvalue weighted by molar-refractivity contribution is 0.156. The Bertz CT molecular complexity index is 356. The summed E-state index contributed by atoms with van der Waals surface area (Å²) in [6.45, 7) is 5.58. The molecular formula is C13H21F2N3. The van der Waals surface area contributed by atoms with Crippen LogP contribution in [-0.4, -0.2) is 31.5 Å². The number of aromatic nitrogens is 1.